The number of nitrogens with one attached hydrogen (secondary N) is 1. The Hall–Kier alpha value is -3.80. The molecular weight excluding hydrogens is 502 g/mol. The second-order valence-corrected chi connectivity index (χ2v) is 9.91. The maximum absolute atomic E-state index is 12.5. The van der Waals surface area contributed by atoms with Crippen LogP contribution < -0.4 is 19.5 Å². The van der Waals surface area contributed by atoms with Gasteiger partial charge in [-0.3, -0.25) is 4.79 Å². The molecule has 0 unspecified atom stereocenters. The number of esters is 1. The molecule has 3 aromatic rings. The molecule has 0 spiro atoms. The fourth-order valence-corrected chi connectivity index (χ4v) is 4.14. The van der Waals surface area contributed by atoms with Crippen molar-refractivity contribution in [2.24, 2.45) is 0 Å². The SMILES string of the molecule is CCCCCCOc1ccc(C(=O)NCCc2ccc(OC(=O)c3ccc(OCCCCCC)cc3)cc2)cc1. The third kappa shape index (κ3) is 11.1. The van der Waals surface area contributed by atoms with Crippen LogP contribution in [0.25, 0.3) is 0 Å². The van der Waals surface area contributed by atoms with Gasteiger partial charge in [0.2, 0.25) is 0 Å². The maximum Gasteiger partial charge on any atom is 0.343 e. The minimum atomic E-state index is -0.414. The highest BCUT2D eigenvalue weighted by atomic mass is 16.5. The third-order valence-electron chi connectivity index (χ3n) is 6.57. The van der Waals surface area contributed by atoms with Crippen LogP contribution in [-0.4, -0.2) is 31.6 Å². The van der Waals surface area contributed by atoms with Crippen molar-refractivity contribution in [3.63, 3.8) is 0 Å². The number of benzene rings is 3. The lowest BCUT2D eigenvalue weighted by atomic mass is 10.1. The van der Waals surface area contributed by atoms with Gasteiger partial charge in [0.05, 0.1) is 18.8 Å². The Morgan fingerprint density at radius 2 is 1.10 bits per heavy atom. The maximum atomic E-state index is 12.5. The lowest BCUT2D eigenvalue weighted by Gasteiger charge is -2.09. The zero-order valence-electron chi connectivity index (χ0n) is 24.0. The predicted molar refractivity (Wildman–Crippen MR) is 160 cm³/mol. The molecule has 0 aliphatic carbocycles. The van der Waals surface area contributed by atoms with Crippen molar-refractivity contribution in [1.82, 2.24) is 5.32 Å². The van der Waals surface area contributed by atoms with Gasteiger partial charge in [0.1, 0.15) is 17.2 Å². The highest BCUT2D eigenvalue weighted by molar-refractivity contribution is 5.94. The van der Waals surface area contributed by atoms with Gasteiger partial charge in [0, 0.05) is 12.1 Å². The molecule has 3 rings (SSSR count). The van der Waals surface area contributed by atoms with Gasteiger partial charge in [0.25, 0.3) is 5.91 Å². The van der Waals surface area contributed by atoms with Gasteiger partial charge in [-0.15, -0.1) is 0 Å². The topological polar surface area (TPSA) is 73.9 Å². The first kappa shape index (κ1) is 30.7. The molecule has 6 nitrogen and oxygen atoms in total. The van der Waals surface area contributed by atoms with Crippen LogP contribution in [-0.2, 0) is 6.42 Å². The van der Waals surface area contributed by atoms with Crippen LogP contribution in [0, 0.1) is 0 Å². The first-order valence-electron chi connectivity index (χ1n) is 14.6. The molecule has 0 heterocycles. The highest BCUT2D eigenvalue weighted by Gasteiger charge is 2.10. The Bertz CT molecular complexity index is 1140. The number of carbonyl (C=O) groups is 2. The summed E-state index contributed by atoms with van der Waals surface area (Å²) in [4.78, 5) is 25.0. The van der Waals surface area contributed by atoms with E-state index in [0.29, 0.717) is 43.1 Å². The summed E-state index contributed by atoms with van der Waals surface area (Å²) in [6, 6.07) is 21.6. The summed E-state index contributed by atoms with van der Waals surface area (Å²) in [7, 11) is 0. The van der Waals surface area contributed by atoms with Crippen LogP contribution in [0.1, 0.15) is 91.5 Å². The molecule has 0 saturated carbocycles. The van der Waals surface area contributed by atoms with E-state index in [1.165, 1.54) is 32.1 Å². The first-order chi connectivity index (χ1) is 19.6. The molecule has 0 saturated heterocycles. The number of hydrogen-bond acceptors (Lipinski definition) is 5. The average Bonchev–Trinajstić information content (AvgIpc) is 2.98. The standard InChI is InChI=1S/C34H43NO5/c1-3-5-7-9-25-38-30-19-13-28(14-20-30)33(36)35-24-23-27-11-17-32(18-12-27)40-34(37)29-15-21-31(22-16-29)39-26-10-8-6-4-2/h11-22H,3-10,23-26H2,1-2H3,(H,35,36). The van der Waals surface area contributed by atoms with Gasteiger partial charge >= 0.3 is 5.97 Å². The molecular formula is C34H43NO5. The Kier molecular flexibility index (Phi) is 13.6. The van der Waals surface area contributed by atoms with Gasteiger partial charge < -0.3 is 19.5 Å². The van der Waals surface area contributed by atoms with Crippen molar-refractivity contribution in [2.45, 2.75) is 71.6 Å². The van der Waals surface area contributed by atoms with Crippen LogP contribution in [0.5, 0.6) is 17.2 Å². The molecule has 1 N–H and O–H groups in total. The van der Waals surface area contributed by atoms with Crippen LogP contribution in [0.2, 0.25) is 0 Å². The van der Waals surface area contributed by atoms with Crippen LogP contribution in [0.15, 0.2) is 72.8 Å². The third-order valence-corrected chi connectivity index (χ3v) is 6.57. The van der Waals surface area contributed by atoms with Crippen LogP contribution in [0.4, 0.5) is 0 Å². The average molecular weight is 546 g/mol. The Morgan fingerprint density at radius 3 is 1.62 bits per heavy atom. The van der Waals surface area contributed by atoms with Gasteiger partial charge in [-0.2, -0.15) is 0 Å². The van der Waals surface area contributed by atoms with Crippen molar-refractivity contribution in [3.8, 4) is 17.2 Å². The van der Waals surface area contributed by atoms with Crippen LogP contribution >= 0.6 is 0 Å². The molecule has 0 atom stereocenters. The zero-order chi connectivity index (χ0) is 28.4. The molecule has 0 radical (unpaired) electrons. The van der Waals surface area contributed by atoms with Crippen molar-refractivity contribution in [2.75, 3.05) is 19.8 Å². The monoisotopic (exact) mass is 545 g/mol. The largest absolute Gasteiger partial charge is 0.494 e. The van der Waals surface area contributed by atoms with E-state index in [4.69, 9.17) is 14.2 Å². The van der Waals surface area contributed by atoms with Gasteiger partial charge in [0.15, 0.2) is 0 Å². The minimum absolute atomic E-state index is 0.118. The summed E-state index contributed by atoms with van der Waals surface area (Å²) in [5.74, 6) is 1.48. The molecule has 0 bridgehead atoms. The van der Waals surface area contributed by atoms with E-state index in [0.717, 1.165) is 36.3 Å². The van der Waals surface area contributed by atoms with Crippen molar-refractivity contribution in [3.05, 3.63) is 89.5 Å². The number of ether oxygens (including phenoxy) is 3. The zero-order valence-corrected chi connectivity index (χ0v) is 24.0. The predicted octanol–water partition coefficient (Wildman–Crippen LogP) is 7.80. The van der Waals surface area contributed by atoms with E-state index in [9.17, 15) is 9.59 Å². The number of hydrogen-bond donors (Lipinski definition) is 1. The van der Waals surface area contributed by atoms with E-state index in [1.807, 2.05) is 24.3 Å². The quantitative estimate of drug-likeness (QED) is 0.100. The second kappa shape index (κ2) is 17.7. The molecule has 3 aromatic carbocycles. The highest BCUT2D eigenvalue weighted by Crippen LogP contribution is 2.18. The fourth-order valence-electron chi connectivity index (χ4n) is 4.14. The van der Waals surface area contributed by atoms with Crippen LogP contribution in [0.3, 0.4) is 0 Å². The Balaban J connectivity index is 1.36. The fraction of sp³-hybridized carbons (Fsp3) is 0.412. The van der Waals surface area contributed by atoms with E-state index in [1.54, 1.807) is 48.5 Å². The lowest BCUT2D eigenvalue weighted by Crippen LogP contribution is -2.25. The number of rotatable bonds is 18. The van der Waals surface area contributed by atoms with E-state index in [-0.39, 0.29) is 5.91 Å². The molecule has 0 aliphatic heterocycles. The Morgan fingerprint density at radius 1 is 0.600 bits per heavy atom. The summed E-state index contributed by atoms with van der Waals surface area (Å²) in [5, 5.41) is 2.95. The Labute approximate surface area is 239 Å². The number of amides is 1. The van der Waals surface area contributed by atoms with Crippen molar-refractivity contribution in [1.29, 1.82) is 0 Å². The van der Waals surface area contributed by atoms with Gasteiger partial charge in [-0.25, -0.2) is 4.79 Å². The van der Waals surface area contributed by atoms with Crippen molar-refractivity contribution < 1.29 is 23.8 Å². The van der Waals surface area contributed by atoms with E-state index in [2.05, 4.69) is 19.2 Å². The minimum Gasteiger partial charge on any atom is -0.494 e. The normalized spacial score (nSPS) is 10.7. The molecule has 214 valence electrons. The summed E-state index contributed by atoms with van der Waals surface area (Å²) in [6.07, 6.45) is 9.93. The van der Waals surface area contributed by atoms with Crippen molar-refractivity contribution >= 4 is 11.9 Å². The molecule has 0 aromatic heterocycles. The number of carbonyl (C=O) groups excluding carboxylic acids is 2. The lowest BCUT2D eigenvalue weighted by molar-refractivity contribution is 0.0734. The summed E-state index contributed by atoms with van der Waals surface area (Å²) in [5.41, 5.74) is 2.11. The first-order valence-corrected chi connectivity index (χ1v) is 14.6. The number of unbranched alkanes of at least 4 members (excludes halogenated alkanes) is 6. The molecule has 1 amide bonds. The summed E-state index contributed by atoms with van der Waals surface area (Å²) >= 11 is 0. The summed E-state index contributed by atoms with van der Waals surface area (Å²) in [6.45, 7) is 6.25. The van der Waals surface area contributed by atoms with E-state index >= 15 is 0 Å². The molecule has 6 heteroatoms. The van der Waals surface area contributed by atoms with Gasteiger partial charge in [-0.05, 0) is 85.5 Å². The smallest absolute Gasteiger partial charge is 0.343 e. The molecule has 40 heavy (non-hydrogen) atoms. The molecule has 0 fully saturated rings. The van der Waals surface area contributed by atoms with E-state index < -0.39 is 5.97 Å². The second-order valence-electron chi connectivity index (χ2n) is 9.91. The molecule has 0 aliphatic rings. The summed E-state index contributed by atoms with van der Waals surface area (Å²) < 4.78 is 17.0. The van der Waals surface area contributed by atoms with Gasteiger partial charge in [-0.1, -0.05) is 64.5 Å².